The van der Waals surface area contributed by atoms with E-state index in [1.165, 1.54) is 70.8 Å². The molecule has 22 heavy (non-hydrogen) atoms. The number of rotatable bonds is 6. The molecule has 2 bridgehead atoms. The summed E-state index contributed by atoms with van der Waals surface area (Å²) in [4.78, 5) is 0. The monoisotopic (exact) mass is 306 g/mol. The first-order chi connectivity index (χ1) is 10.7. The van der Waals surface area contributed by atoms with Gasteiger partial charge in [-0.25, -0.2) is 0 Å². The number of fused-ring (bicyclic) bond motifs is 2. The third kappa shape index (κ3) is 3.87. The zero-order valence-corrected chi connectivity index (χ0v) is 15.0. The normalized spacial score (nSPS) is 35.5. The van der Waals surface area contributed by atoms with Crippen molar-refractivity contribution in [2.45, 2.75) is 84.1 Å². The van der Waals surface area contributed by atoms with Gasteiger partial charge >= 0.3 is 0 Å². The van der Waals surface area contributed by atoms with E-state index in [9.17, 15) is 0 Å². The molecule has 2 heteroatoms. The highest BCUT2D eigenvalue weighted by Crippen LogP contribution is 2.61. The van der Waals surface area contributed by atoms with Crippen LogP contribution in [0.2, 0.25) is 0 Å². The van der Waals surface area contributed by atoms with Gasteiger partial charge in [-0.1, -0.05) is 46.0 Å². The molecule has 128 valence electrons. The zero-order valence-electron chi connectivity index (χ0n) is 15.0. The van der Waals surface area contributed by atoms with Gasteiger partial charge in [-0.2, -0.15) is 0 Å². The molecule has 0 aliphatic heterocycles. The Hall–Kier alpha value is -0.0800. The summed E-state index contributed by atoms with van der Waals surface area (Å²) >= 11 is 0. The fourth-order valence-electron chi connectivity index (χ4n) is 5.52. The molecule has 2 N–H and O–H groups in total. The van der Waals surface area contributed by atoms with Gasteiger partial charge in [0.15, 0.2) is 0 Å². The summed E-state index contributed by atoms with van der Waals surface area (Å²) in [5.41, 5.74) is 0.641. The Morgan fingerprint density at radius 3 is 2.27 bits per heavy atom. The molecule has 2 nitrogen and oxygen atoms in total. The van der Waals surface area contributed by atoms with Crippen molar-refractivity contribution < 1.29 is 0 Å². The molecule has 0 radical (unpaired) electrons. The third-order valence-electron chi connectivity index (χ3n) is 7.25. The second-order valence-electron chi connectivity index (χ2n) is 8.90. The van der Waals surface area contributed by atoms with E-state index in [2.05, 4.69) is 24.5 Å². The molecular weight excluding hydrogens is 268 g/mol. The van der Waals surface area contributed by atoms with E-state index in [1.54, 1.807) is 0 Å². The van der Waals surface area contributed by atoms with E-state index < -0.39 is 0 Å². The molecule has 4 saturated carbocycles. The first kappa shape index (κ1) is 16.8. The minimum Gasteiger partial charge on any atom is -0.315 e. The number of nitrogens with one attached hydrogen (secondary N) is 2. The lowest BCUT2D eigenvalue weighted by molar-refractivity contribution is -0.103. The van der Waals surface area contributed by atoms with Crippen LogP contribution in [-0.4, -0.2) is 25.7 Å². The summed E-state index contributed by atoms with van der Waals surface area (Å²) < 4.78 is 0. The summed E-state index contributed by atoms with van der Waals surface area (Å²) in [7, 11) is 0. The topological polar surface area (TPSA) is 24.1 Å². The van der Waals surface area contributed by atoms with Crippen LogP contribution in [0, 0.1) is 23.2 Å². The van der Waals surface area contributed by atoms with Gasteiger partial charge in [0.1, 0.15) is 0 Å². The molecule has 0 spiro atoms. The fourth-order valence-corrected chi connectivity index (χ4v) is 5.52. The van der Waals surface area contributed by atoms with E-state index >= 15 is 0 Å². The van der Waals surface area contributed by atoms with E-state index in [0.29, 0.717) is 5.41 Å². The highest BCUT2D eigenvalue weighted by molar-refractivity contribution is 5.03. The first-order valence-electron chi connectivity index (χ1n) is 10.1. The van der Waals surface area contributed by atoms with Crippen LogP contribution in [0.25, 0.3) is 0 Å². The van der Waals surface area contributed by atoms with E-state index in [1.807, 2.05) is 0 Å². The summed E-state index contributed by atoms with van der Waals surface area (Å²) in [5.74, 6) is 2.98. The molecule has 0 heterocycles. The van der Waals surface area contributed by atoms with Crippen LogP contribution in [0.4, 0.5) is 0 Å². The minimum atomic E-state index is 0.641. The second-order valence-corrected chi connectivity index (χ2v) is 8.90. The van der Waals surface area contributed by atoms with Crippen LogP contribution in [0.1, 0.15) is 78.1 Å². The van der Waals surface area contributed by atoms with Crippen molar-refractivity contribution in [3.63, 3.8) is 0 Å². The van der Waals surface area contributed by atoms with Gasteiger partial charge < -0.3 is 10.6 Å². The third-order valence-corrected chi connectivity index (χ3v) is 7.25. The fraction of sp³-hybridized carbons (Fsp3) is 1.00. The van der Waals surface area contributed by atoms with Crippen molar-refractivity contribution >= 4 is 0 Å². The van der Waals surface area contributed by atoms with Crippen molar-refractivity contribution in [1.82, 2.24) is 10.6 Å². The van der Waals surface area contributed by atoms with Crippen LogP contribution in [0.3, 0.4) is 0 Å². The van der Waals surface area contributed by atoms with Crippen LogP contribution >= 0.6 is 0 Å². The summed E-state index contributed by atoms with van der Waals surface area (Å²) in [6.45, 7) is 8.59. The Labute approximate surface area is 138 Å². The highest BCUT2D eigenvalue weighted by Gasteiger charge is 2.53. The van der Waals surface area contributed by atoms with Crippen LogP contribution in [-0.2, 0) is 0 Å². The van der Waals surface area contributed by atoms with Crippen molar-refractivity contribution in [2.24, 2.45) is 23.2 Å². The SMILES string of the molecule is CC1(C)C2CC[C@@H](CNCCNC3CCCCCCC3)C1C2. The molecule has 4 rings (SSSR count). The van der Waals surface area contributed by atoms with E-state index in [0.717, 1.165) is 36.9 Å². The van der Waals surface area contributed by atoms with Gasteiger partial charge in [0, 0.05) is 19.1 Å². The molecule has 3 atom stereocenters. The van der Waals surface area contributed by atoms with Crippen molar-refractivity contribution in [1.29, 1.82) is 0 Å². The van der Waals surface area contributed by atoms with Crippen LogP contribution in [0.15, 0.2) is 0 Å². The molecular formula is C20H38N2. The predicted octanol–water partition coefficient (Wildman–Crippen LogP) is 4.35. The Morgan fingerprint density at radius 2 is 1.59 bits per heavy atom. The quantitative estimate of drug-likeness (QED) is 0.713. The average Bonchev–Trinajstić information content (AvgIpc) is 2.48. The number of hydrogen-bond acceptors (Lipinski definition) is 2. The number of hydrogen-bond donors (Lipinski definition) is 2. The molecule has 0 amide bonds. The maximum absolute atomic E-state index is 3.80. The Morgan fingerprint density at radius 1 is 0.864 bits per heavy atom. The Bertz CT molecular complexity index is 329. The maximum Gasteiger partial charge on any atom is 0.00793 e. The smallest absolute Gasteiger partial charge is 0.00793 e. The standard InChI is InChI=1S/C20H38N2/c1-20(2)17-11-10-16(19(20)14-17)15-21-12-13-22-18-8-6-4-3-5-7-9-18/h16-19,21-22H,3-15H2,1-2H3/t16-,17?,19?/m0/s1. The first-order valence-corrected chi connectivity index (χ1v) is 10.1. The molecule has 2 unspecified atom stereocenters. The van der Waals surface area contributed by atoms with Crippen LogP contribution < -0.4 is 10.6 Å². The average molecular weight is 307 g/mol. The largest absolute Gasteiger partial charge is 0.315 e. The molecule has 0 saturated heterocycles. The lowest BCUT2D eigenvalue weighted by Crippen LogP contribution is -2.54. The summed E-state index contributed by atoms with van der Waals surface area (Å²) in [6, 6.07) is 0.795. The van der Waals surface area contributed by atoms with Gasteiger partial charge in [0.05, 0.1) is 0 Å². The van der Waals surface area contributed by atoms with Gasteiger partial charge in [-0.05, 0) is 61.8 Å². The van der Waals surface area contributed by atoms with Crippen LogP contribution in [0.5, 0.6) is 0 Å². The maximum atomic E-state index is 3.80. The molecule has 0 aromatic rings. The van der Waals surface area contributed by atoms with E-state index in [4.69, 9.17) is 0 Å². The lowest BCUT2D eigenvalue weighted by atomic mass is 9.45. The lowest BCUT2D eigenvalue weighted by Gasteiger charge is -2.60. The van der Waals surface area contributed by atoms with Gasteiger partial charge in [-0.15, -0.1) is 0 Å². The Kier molecular flexibility index (Phi) is 5.84. The van der Waals surface area contributed by atoms with Crippen molar-refractivity contribution in [3.8, 4) is 0 Å². The molecule has 4 aliphatic carbocycles. The second kappa shape index (κ2) is 7.66. The highest BCUT2D eigenvalue weighted by atomic mass is 15.0. The zero-order chi connectivity index (χ0) is 15.4. The summed E-state index contributed by atoms with van der Waals surface area (Å²) in [6.07, 6.45) is 14.5. The molecule has 0 aromatic carbocycles. The van der Waals surface area contributed by atoms with Crippen molar-refractivity contribution in [3.05, 3.63) is 0 Å². The van der Waals surface area contributed by atoms with Gasteiger partial charge in [0.2, 0.25) is 0 Å². The Balaban J connectivity index is 1.27. The van der Waals surface area contributed by atoms with E-state index in [-0.39, 0.29) is 0 Å². The van der Waals surface area contributed by atoms with Crippen molar-refractivity contribution in [2.75, 3.05) is 19.6 Å². The molecule has 4 fully saturated rings. The van der Waals surface area contributed by atoms with Gasteiger partial charge in [-0.3, -0.25) is 0 Å². The van der Waals surface area contributed by atoms with Gasteiger partial charge in [0.25, 0.3) is 0 Å². The molecule has 0 aromatic heterocycles. The predicted molar refractivity (Wildman–Crippen MR) is 95.1 cm³/mol. The molecule has 4 aliphatic rings. The summed E-state index contributed by atoms with van der Waals surface area (Å²) in [5, 5.41) is 7.55. The minimum absolute atomic E-state index is 0.641.